The number of para-hydroxylation sites is 2. The molecule has 3 aromatic carbocycles. The molecule has 4 rings (SSSR count). The molecule has 0 aliphatic heterocycles. The number of carbonyl (C=O) groups is 1. The van der Waals surface area contributed by atoms with E-state index in [9.17, 15) is 23.4 Å². The number of carbonyl (C=O) groups excluding carboxylic acids is 1. The summed E-state index contributed by atoms with van der Waals surface area (Å²) in [6.45, 7) is -0.117. The first-order chi connectivity index (χ1) is 16.8. The number of anilines is 3. The highest BCUT2D eigenvalue weighted by Crippen LogP contribution is 2.30. The molecule has 4 aromatic rings. The highest BCUT2D eigenvalue weighted by molar-refractivity contribution is 7.92. The number of hydrogen-bond donors (Lipinski definition) is 5. The summed E-state index contributed by atoms with van der Waals surface area (Å²) in [5, 5.41) is 24.9. The summed E-state index contributed by atoms with van der Waals surface area (Å²) in [5.41, 5.74) is 2.45. The maximum absolute atomic E-state index is 13.1. The van der Waals surface area contributed by atoms with Gasteiger partial charge in [-0.2, -0.15) is 0 Å². The standard InChI is InChI=1S/C24H23N5O5S/c1-25-24(32)16-7-10-18(11-8-16)35(33,34)29-23-22(26-19-4-2-3-5-20(19)27-23)28-21-14-17(31)9-6-15(21)12-13-30/h2-11,14,30-31H,12-13H2,1H3,(H,25,32)(H,26,28)(H,27,29). The van der Waals surface area contributed by atoms with Gasteiger partial charge in [0, 0.05) is 31.0 Å². The molecule has 0 fully saturated rings. The quantitative estimate of drug-likeness (QED) is 0.251. The molecule has 10 nitrogen and oxygen atoms in total. The number of aliphatic hydroxyl groups is 1. The smallest absolute Gasteiger partial charge is 0.263 e. The lowest BCUT2D eigenvalue weighted by Crippen LogP contribution is -2.19. The van der Waals surface area contributed by atoms with Gasteiger partial charge in [0.05, 0.1) is 15.9 Å². The number of nitrogens with one attached hydrogen (secondary N) is 3. The Morgan fingerprint density at radius 1 is 0.943 bits per heavy atom. The second-order valence-corrected chi connectivity index (χ2v) is 9.24. The SMILES string of the molecule is CNC(=O)c1ccc(S(=O)(=O)Nc2nc3ccccc3nc2Nc2cc(O)ccc2CCO)cc1. The predicted molar refractivity (Wildman–Crippen MR) is 132 cm³/mol. The number of aliphatic hydroxyl groups excluding tert-OH is 1. The zero-order valence-electron chi connectivity index (χ0n) is 18.7. The molecular weight excluding hydrogens is 470 g/mol. The third kappa shape index (κ3) is 5.31. The van der Waals surface area contributed by atoms with E-state index in [0.717, 1.165) is 0 Å². The highest BCUT2D eigenvalue weighted by Gasteiger charge is 2.20. The van der Waals surface area contributed by atoms with Crippen molar-refractivity contribution in [3.63, 3.8) is 0 Å². The maximum Gasteiger partial charge on any atom is 0.263 e. The van der Waals surface area contributed by atoms with E-state index in [1.165, 1.54) is 43.4 Å². The molecule has 0 aliphatic carbocycles. The fourth-order valence-corrected chi connectivity index (χ4v) is 4.43. The van der Waals surface area contributed by atoms with Gasteiger partial charge >= 0.3 is 0 Å². The zero-order chi connectivity index (χ0) is 25.0. The summed E-state index contributed by atoms with van der Waals surface area (Å²) in [5.74, 6) is -0.295. The van der Waals surface area contributed by atoms with Crippen molar-refractivity contribution in [3.05, 3.63) is 77.9 Å². The minimum Gasteiger partial charge on any atom is -0.508 e. The van der Waals surface area contributed by atoms with Crippen LogP contribution in [-0.4, -0.2) is 48.2 Å². The van der Waals surface area contributed by atoms with Crippen molar-refractivity contribution >= 4 is 44.3 Å². The van der Waals surface area contributed by atoms with Crippen LogP contribution < -0.4 is 15.4 Å². The molecule has 1 heterocycles. The number of fused-ring (bicyclic) bond motifs is 1. The number of aromatic hydroxyl groups is 1. The average Bonchev–Trinajstić information content (AvgIpc) is 2.85. The van der Waals surface area contributed by atoms with E-state index in [1.807, 2.05) is 0 Å². The Morgan fingerprint density at radius 3 is 2.23 bits per heavy atom. The first kappa shape index (κ1) is 23.9. The van der Waals surface area contributed by atoms with Crippen LogP contribution in [0.4, 0.5) is 17.3 Å². The van der Waals surface area contributed by atoms with E-state index in [1.54, 1.807) is 30.3 Å². The number of benzene rings is 3. The third-order valence-corrected chi connectivity index (χ3v) is 6.54. The van der Waals surface area contributed by atoms with Gasteiger partial charge in [0.25, 0.3) is 15.9 Å². The molecular formula is C24H23N5O5S. The first-order valence-corrected chi connectivity index (χ1v) is 12.1. The van der Waals surface area contributed by atoms with E-state index < -0.39 is 10.0 Å². The van der Waals surface area contributed by atoms with Crippen molar-refractivity contribution in [2.45, 2.75) is 11.3 Å². The van der Waals surface area contributed by atoms with Crippen LogP contribution in [0.25, 0.3) is 11.0 Å². The van der Waals surface area contributed by atoms with Crippen molar-refractivity contribution < 1.29 is 23.4 Å². The van der Waals surface area contributed by atoms with E-state index in [0.29, 0.717) is 34.3 Å². The number of phenolic OH excluding ortho intramolecular Hbond substituents is 1. The van der Waals surface area contributed by atoms with Gasteiger partial charge < -0.3 is 20.8 Å². The fourth-order valence-electron chi connectivity index (χ4n) is 3.42. The molecule has 11 heteroatoms. The van der Waals surface area contributed by atoms with Crippen molar-refractivity contribution in [1.29, 1.82) is 0 Å². The Labute approximate surface area is 201 Å². The van der Waals surface area contributed by atoms with Crippen LogP contribution in [-0.2, 0) is 16.4 Å². The topological polar surface area (TPSA) is 154 Å². The Kier molecular flexibility index (Phi) is 6.80. The molecule has 0 saturated carbocycles. The molecule has 1 aromatic heterocycles. The molecule has 0 aliphatic rings. The Morgan fingerprint density at radius 2 is 1.60 bits per heavy atom. The summed E-state index contributed by atoms with van der Waals surface area (Å²) >= 11 is 0. The van der Waals surface area contributed by atoms with Crippen molar-refractivity contribution in [2.24, 2.45) is 0 Å². The van der Waals surface area contributed by atoms with Gasteiger partial charge in [-0.3, -0.25) is 9.52 Å². The van der Waals surface area contributed by atoms with Gasteiger partial charge in [0.15, 0.2) is 11.6 Å². The van der Waals surface area contributed by atoms with Gasteiger partial charge in [-0.05, 0) is 54.4 Å². The fraction of sp³-hybridized carbons (Fsp3) is 0.125. The summed E-state index contributed by atoms with van der Waals surface area (Å²) in [4.78, 5) is 20.7. The lowest BCUT2D eigenvalue weighted by atomic mass is 10.1. The molecule has 0 saturated heterocycles. The second-order valence-electron chi connectivity index (χ2n) is 7.56. The zero-order valence-corrected chi connectivity index (χ0v) is 19.5. The number of phenols is 1. The molecule has 0 bridgehead atoms. The lowest BCUT2D eigenvalue weighted by Gasteiger charge is -2.16. The summed E-state index contributed by atoms with van der Waals surface area (Å²) < 4.78 is 28.7. The van der Waals surface area contributed by atoms with Crippen molar-refractivity contribution in [1.82, 2.24) is 15.3 Å². The normalized spacial score (nSPS) is 11.3. The van der Waals surface area contributed by atoms with Gasteiger partial charge in [-0.1, -0.05) is 18.2 Å². The number of sulfonamides is 1. The number of rotatable bonds is 8. The number of amides is 1. The minimum atomic E-state index is -4.09. The van der Waals surface area contributed by atoms with Crippen molar-refractivity contribution in [2.75, 3.05) is 23.7 Å². The maximum atomic E-state index is 13.1. The van der Waals surface area contributed by atoms with E-state index in [2.05, 4.69) is 25.3 Å². The van der Waals surface area contributed by atoms with Crippen molar-refractivity contribution in [3.8, 4) is 5.75 Å². The summed E-state index contributed by atoms with van der Waals surface area (Å²) in [6.07, 6.45) is 0.308. The van der Waals surface area contributed by atoms with Crippen LogP contribution >= 0.6 is 0 Å². The van der Waals surface area contributed by atoms with Crippen LogP contribution in [0.5, 0.6) is 5.75 Å². The van der Waals surface area contributed by atoms with Gasteiger partial charge in [0.2, 0.25) is 0 Å². The molecule has 0 spiro atoms. The molecule has 5 N–H and O–H groups in total. The Hall–Kier alpha value is -4.22. The average molecular weight is 494 g/mol. The van der Waals surface area contributed by atoms with E-state index in [-0.39, 0.29) is 34.8 Å². The molecule has 35 heavy (non-hydrogen) atoms. The third-order valence-electron chi connectivity index (χ3n) is 5.18. The Balaban J connectivity index is 1.75. The number of nitrogens with zero attached hydrogens (tertiary/aromatic N) is 2. The Bertz CT molecular complexity index is 1490. The highest BCUT2D eigenvalue weighted by atomic mass is 32.2. The number of aromatic nitrogens is 2. The summed E-state index contributed by atoms with van der Waals surface area (Å²) in [6, 6.07) is 17.0. The molecule has 1 amide bonds. The largest absolute Gasteiger partial charge is 0.508 e. The van der Waals surface area contributed by atoms with Crippen LogP contribution in [0.1, 0.15) is 15.9 Å². The lowest BCUT2D eigenvalue weighted by molar-refractivity contribution is 0.0963. The molecule has 180 valence electrons. The van der Waals surface area contributed by atoms with Gasteiger partial charge in [-0.15, -0.1) is 0 Å². The first-order valence-electron chi connectivity index (χ1n) is 10.6. The van der Waals surface area contributed by atoms with Crippen LogP contribution in [0.3, 0.4) is 0 Å². The van der Waals surface area contributed by atoms with Gasteiger partial charge in [-0.25, -0.2) is 18.4 Å². The molecule has 0 unspecified atom stereocenters. The van der Waals surface area contributed by atoms with E-state index >= 15 is 0 Å². The molecule has 0 atom stereocenters. The second kappa shape index (κ2) is 9.95. The van der Waals surface area contributed by atoms with E-state index in [4.69, 9.17) is 0 Å². The monoisotopic (exact) mass is 493 g/mol. The molecule has 0 radical (unpaired) electrons. The summed E-state index contributed by atoms with van der Waals surface area (Å²) in [7, 11) is -2.60. The van der Waals surface area contributed by atoms with Crippen LogP contribution in [0.2, 0.25) is 0 Å². The number of hydrogen-bond acceptors (Lipinski definition) is 8. The van der Waals surface area contributed by atoms with Gasteiger partial charge in [0.1, 0.15) is 5.75 Å². The van der Waals surface area contributed by atoms with Crippen LogP contribution in [0, 0.1) is 0 Å². The minimum absolute atomic E-state index is 0.0127. The predicted octanol–water partition coefficient (Wildman–Crippen LogP) is 2.77. The van der Waals surface area contributed by atoms with Crippen LogP contribution in [0.15, 0.2) is 71.6 Å².